The highest BCUT2D eigenvalue weighted by molar-refractivity contribution is 14.1. The van der Waals surface area contributed by atoms with E-state index in [-0.39, 0.29) is 5.82 Å². The smallest absolute Gasteiger partial charge is 0.399 e. The fourth-order valence-corrected chi connectivity index (χ4v) is 6.96. The zero-order chi connectivity index (χ0) is 21.5. The number of thioether (sulfide) groups is 2. The van der Waals surface area contributed by atoms with Crippen molar-refractivity contribution in [2.75, 3.05) is 0 Å². The lowest BCUT2D eigenvalue weighted by Crippen LogP contribution is -2.41. The molecule has 1 aromatic carbocycles. The number of pyridine rings is 1. The third-order valence-electron chi connectivity index (χ3n) is 6.11. The molecule has 0 spiro atoms. The Morgan fingerprint density at radius 3 is 2.37 bits per heavy atom. The summed E-state index contributed by atoms with van der Waals surface area (Å²) >= 11 is 5.85. The highest BCUT2D eigenvalue weighted by Gasteiger charge is 2.51. The van der Waals surface area contributed by atoms with Crippen LogP contribution in [0.5, 0.6) is 0 Å². The van der Waals surface area contributed by atoms with Crippen molar-refractivity contribution in [3.63, 3.8) is 0 Å². The maximum absolute atomic E-state index is 14.9. The van der Waals surface area contributed by atoms with Crippen LogP contribution in [0.1, 0.15) is 47.0 Å². The van der Waals surface area contributed by atoms with E-state index in [9.17, 15) is 4.39 Å². The van der Waals surface area contributed by atoms with E-state index in [0.29, 0.717) is 15.4 Å². The molecule has 2 heterocycles. The molecule has 0 radical (unpaired) electrons. The van der Waals surface area contributed by atoms with Gasteiger partial charge in [0.05, 0.1) is 11.2 Å². The lowest BCUT2D eigenvalue weighted by Gasteiger charge is -2.32. The molecule has 2 aliphatic rings. The van der Waals surface area contributed by atoms with Gasteiger partial charge in [0.2, 0.25) is 0 Å². The number of benzene rings is 1. The molecule has 1 saturated heterocycles. The highest BCUT2D eigenvalue weighted by atomic mass is 127. The summed E-state index contributed by atoms with van der Waals surface area (Å²) in [6.45, 7) is 8.03. The molecule has 8 heteroatoms. The van der Waals surface area contributed by atoms with E-state index >= 15 is 0 Å². The lowest BCUT2D eigenvalue weighted by molar-refractivity contribution is 0.00578. The second kappa shape index (κ2) is 8.92. The third-order valence-corrected chi connectivity index (χ3v) is 10.0. The SMILES string of the molecule is CC1(C)OB(c2ccc(SC3CCC(Sc4ncccc4I)C3)c(F)c2)OC1(C)C. The predicted octanol–water partition coefficient (Wildman–Crippen LogP) is 5.93. The molecule has 160 valence electrons. The van der Waals surface area contributed by atoms with Crippen LogP contribution in [0.2, 0.25) is 0 Å². The van der Waals surface area contributed by atoms with Crippen LogP contribution in [-0.4, -0.2) is 33.8 Å². The van der Waals surface area contributed by atoms with E-state index in [1.54, 1.807) is 17.8 Å². The number of nitrogens with zero attached hydrogens (tertiary/aromatic N) is 1. The molecule has 2 atom stereocenters. The molecule has 1 saturated carbocycles. The van der Waals surface area contributed by atoms with Gasteiger partial charge in [0.1, 0.15) is 10.8 Å². The minimum atomic E-state index is -0.531. The van der Waals surface area contributed by atoms with Gasteiger partial charge in [-0.05, 0) is 99.3 Å². The maximum Gasteiger partial charge on any atom is 0.494 e. The summed E-state index contributed by atoms with van der Waals surface area (Å²) < 4.78 is 28.2. The average Bonchev–Trinajstić information content (AvgIpc) is 3.19. The minimum Gasteiger partial charge on any atom is -0.399 e. The highest BCUT2D eigenvalue weighted by Crippen LogP contribution is 2.43. The van der Waals surface area contributed by atoms with Crippen LogP contribution in [0, 0.1) is 9.39 Å². The molecule has 0 N–H and O–H groups in total. The van der Waals surface area contributed by atoms with Crippen molar-refractivity contribution in [2.24, 2.45) is 0 Å². The normalized spacial score (nSPS) is 25.1. The van der Waals surface area contributed by atoms with Gasteiger partial charge in [-0.25, -0.2) is 9.37 Å². The molecule has 2 aromatic rings. The van der Waals surface area contributed by atoms with Gasteiger partial charge in [-0.15, -0.1) is 23.5 Å². The molecule has 0 amide bonds. The van der Waals surface area contributed by atoms with E-state index in [4.69, 9.17) is 9.31 Å². The Kier molecular flexibility index (Phi) is 6.81. The number of hydrogen-bond acceptors (Lipinski definition) is 5. The molecule has 1 aliphatic carbocycles. The van der Waals surface area contributed by atoms with Gasteiger partial charge in [0.15, 0.2) is 0 Å². The fraction of sp³-hybridized carbons (Fsp3) is 0.500. The Hall–Kier alpha value is -0.285. The van der Waals surface area contributed by atoms with Crippen molar-refractivity contribution >= 4 is 58.7 Å². The zero-order valence-corrected chi connectivity index (χ0v) is 21.4. The topological polar surface area (TPSA) is 31.4 Å². The minimum absolute atomic E-state index is 0.192. The Morgan fingerprint density at radius 2 is 1.73 bits per heavy atom. The largest absolute Gasteiger partial charge is 0.494 e. The van der Waals surface area contributed by atoms with Gasteiger partial charge < -0.3 is 9.31 Å². The van der Waals surface area contributed by atoms with Crippen molar-refractivity contribution in [1.29, 1.82) is 0 Å². The van der Waals surface area contributed by atoms with E-state index in [1.165, 1.54) is 3.57 Å². The van der Waals surface area contributed by atoms with Gasteiger partial charge >= 0.3 is 7.12 Å². The van der Waals surface area contributed by atoms with Gasteiger partial charge in [0, 0.05) is 25.2 Å². The first-order valence-corrected chi connectivity index (χ1v) is 13.1. The van der Waals surface area contributed by atoms with E-state index in [0.717, 1.165) is 29.8 Å². The summed E-state index contributed by atoms with van der Waals surface area (Å²) in [6, 6.07) is 9.44. The average molecular weight is 557 g/mol. The molecule has 1 aliphatic heterocycles. The Bertz CT molecular complexity index is 914. The van der Waals surface area contributed by atoms with Crippen LogP contribution in [0.15, 0.2) is 46.5 Å². The number of rotatable bonds is 5. The third kappa shape index (κ3) is 4.87. The Balaban J connectivity index is 1.37. The van der Waals surface area contributed by atoms with E-state index in [1.807, 2.05) is 63.9 Å². The van der Waals surface area contributed by atoms with Gasteiger partial charge in [0.25, 0.3) is 0 Å². The first kappa shape index (κ1) is 22.9. The molecule has 4 rings (SSSR count). The number of halogens is 2. The fourth-order valence-electron chi connectivity index (χ4n) is 3.65. The molecular formula is C22H26BFINO2S2. The molecular weight excluding hydrogens is 531 g/mol. The summed E-state index contributed by atoms with van der Waals surface area (Å²) in [5.74, 6) is -0.192. The monoisotopic (exact) mass is 557 g/mol. The van der Waals surface area contributed by atoms with Crippen LogP contribution in [0.3, 0.4) is 0 Å². The summed E-state index contributed by atoms with van der Waals surface area (Å²) in [5.41, 5.74) is -0.118. The van der Waals surface area contributed by atoms with Crippen LogP contribution in [-0.2, 0) is 9.31 Å². The second-order valence-corrected chi connectivity index (χ2v) is 12.7. The van der Waals surface area contributed by atoms with Gasteiger partial charge in [-0.2, -0.15) is 0 Å². The van der Waals surface area contributed by atoms with Crippen LogP contribution in [0.25, 0.3) is 0 Å². The van der Waals surface area contributed by atoms with Crippen molar-refractivity contribution in [3.05, 3.63) is 45.9 Å². The van der Waals surface area contributed by atoms with Crippen LogP contribution in [0.4, 0.5) is 4.39 Å². The van der Waals surface area contributed by atoms with Crippen molar-refractivity contribution < 1.29 is 13.7 Å². The summed E-state index contributed by atoms with van der Waals surface area (Å²) in [7, 11) is -0.531. The first-order chi connectivity index (χ1) is 14.1. The molecule has 30 heavy (non-hydrogen) atoms. The molecule has 2 unspecified atom stereocenters. The molecule has 1 aromatic heterocycles. The maximum atomic E-state index is 14.9. The van der Waals surface area contributed by atoms with Gasteiger partial charge in [-0.1, -0.05) is 6.07 Å². The quantitative estimate of drug-likeness (QED) is 0.336. The van der Waals surface area contributed by atoms with Crippen molar-refractivity contribution in [3.8, 4) is 0 Å². The summed E-state index contributed by atoms with van der Waals surface area (Å²) in [5, 5.41) is 2.07. The predicted molar refractivity (Wildman–Crippen MR) is 132 cm³/mol. The van der Waals surface area contributed by atoms with Gasteiger partial charge in [-0.3, -0.25) is 0 Å². The van der Waals surface area contributed by atoms with Crippen molar-refractivity contribution in [1.82, 2.24) is 4.98 Å². The first-order valence-electron chi connectivity index (χ1n) is 10.2. The molecule has 2 fully saturated rings. The Labute approximate surface area is 201 Å². The molecule has 3 nitrogen and oxygen atoms in total. The lowest BCUT2D eigenvalue weighted by atomic mass is 9.79. The Morgan fingerprint density at radius 1 is 1.07 bits per heavy atom. The van der Waals surface area contributed by atoms with E-state index < -0.39 is 18.3 Å². The zero-order valence-electron chi connectivity index (χ0n) is 17.7. The van der Waals surface area contributed by atoms with Crippen LogP contribution < -0.4 is 5.46 Å². The summed E-state index contributed by atoms with van der Waals surface area (Å²) in [4.78, 5) is 5.20. The van der Waals surface area contributed by atoms with Crippen LogP contribution >= 0.6 is 46.1 Å². The number of hydrogen-bond donors (Lipinski definition) is 0. The number of aromatic nitrogens is 1. The summed E-state index contributed by atoms with van der Waals surface area (Å²) in [6.07, 6.45) is 5.16. The van der Waals surface area contributed by atoms with Crippen molar-refractivity contribution in [2.45, 2.75) is 78.6 Å². The standard InChI is InChI=1S/C22H26BFINO2S2/c1-21(2)22(3,4)28-23(27-21)14-7-10-19(17(24)12-14)29-15-8-9-16(13-15)30-20-18(25)6-5-11-26-20/h5-7,10-12,15-16H,8-9,13H2,1-4H3. The second-order valence-electron chi connectivity index (χ2n) is 8.86. The molecule has 0 bridgehead atoms. The van der Waals surface area contributed by atoms with E-state index in [2.05, 4.69) is 33.6 Å².